The van der Waals surface area contributed by atoms with E-state index in [9.17, 15) is 25.0 Å². The Morgan fingerprint density at radius 2 is 1.60 bits per heavy atom. The molecule has 0 saturated heterocycles. The Hall–Kier alpha value is -3.09. The third-order valence-corrected chi connectivity index (χ3v) is 3.95. The SMILES string of the molecule is O=C(CCc1ccccc1)CC(C[N+](=O)[O-])c1ccccc1[N+](=O)[O-]. The molecule has 25 heavy (non-hydrogen) atoms. The number of nitro benzene ring substituents is 1. The number of nitrogens with zero attached hydrogens (tertiary/aromatic N) is 2. The van der Waals surface area contributed by atoms with Crippen molar-refractivity contribution in [1.82, 2.24) is 0 Å². The van der Waals surface area contributed by atoms with E-state index in [0.29, 0.717) is 6.42 Å². The summed E-state index contributed by atoms with van der Waals surface area (Å²) < 4.78 is 0. The van der Waals surface area contributed by atoms with Gasteiger partial charge in [-0.25, -0.2) is 0 Å². The third kappa shape index (κ3) is 5.49. The quantitative estimate of drug-likeness (QED) is 0.512. The molecule has 7 nitrogen and oxygen atoms in total. The minimum atomic E-state index is -0.806. The standard InChI is InChI=1S/C18H18N2O5/c21-16(11-10-14-6-2-1-3-7-14)12-15(13-19(22)23)17-8-4-5-9-18(17)20(24)25/h1-9,15H,10-13H2. The maximum atomic E-state index is 12.3. The summed E-state index contributed by atoms with van der Waals surface area (Å²) in [6.07, 6.45) is 0.708. The summed E-state index contributed by atoms with van der Waals surface area (Å²) in [7, 11) is 0. The molecule has 1 unspecified atom stereocenters. The van der Waals surface area contributed by atoms with Gasteiger partial charge in [-0.3, -0.25) is 25.0 Å². The van der Waals surface area contributed by atoms with Crippen LogP contribution in [0.25, 0.3) is 0 Å². The summed E-state index contributed by atoms with van der Waals surface area (Å²) in [5, 5.41) is 22.1. The molecule has 0 aliphatic rings. The number of para-hydroxylation sites is 1. The molecule has 0 bridgehead atoms. The first-order valence-electron chi connectivity index (χ1n) is 7.88. The molecule has 0 saturated carbocycles. The van der Waals surface area contributed by atoms with Crippen LogP contribution in [0.1, 0.15) is 29.9 Å². The highest BCUT2D eigenvalue weighted by Crippen LogP contribution is 2.29. The average molecular weight is 342 g/mol. The van der Waals surface area contributed by atoms with Gasteiger partial charge in [0.2, 0.25) is 6.54 Å². The van der Waals surface area contributed by atoms with Crippen LogP contribution in [0.15, 0.2) is 54.6 Å². The zero-order valence-electron chi connectivity index (χ0n) is 13.5. The van der Waals surface area contributed by atoms with Gasteiger partial charge in [-0.05, 0) is 12.0 Å². The molecule has 2 aromatic carbocycles. The van der Waals surface area contributed by atoms with Crippen LogP contribution in [0.2, 0.25) is 0 Å². The van der Waals surface area contributed by atoms with Crippen molar-refractivity contribution in [2.75, 3.05) is 6.54 Å². The lowest BCUT2D eigenvalue weighted by Gasteiger charge is -2.13. The summed E-state index contributed by atoms with van der Waals surface area (Å²) in [5.41, 5.74) is 1.05. The topological polar surface area (TPSA) is 103 Å². The van der Waals surface area contributed by atoms with E-state index in [1.165, 1.54) is 18.2 Å². The molecule has 0 spiro atoms. The Bertz CT molecular complexity index is 761. The molecule has 130 valence electrons. The van der Waals surface area contributed by atoms with Crippen molar-refractivity contribution in [2.24, 2.45) is 0 Å². The Balaban J connectivity index is 2.11. The van der Waals surface area contributed by atoms with Crippen molar-refractivity contribution in [3.05, 3.63) is 86.0 Å². The lowest BCUT2D eigenvalue weighted by molar-refractivity contribution is -0.483. The van der Waals surface area contributed by atoms with Gasteiger partial charge in [0.1, 0.15) is 5.78 Å². The van der Waals surface area contributed by atoms with E-state index in [2.05, 4.69) is 0 Å². The predicted molar refractivity (Wildman–Crippen MR) is 92.1 cm³/mol. The van der Waals surface area contributed by atoms with Crippen molar-refractivity contribution >= 4 is 11.5 Å². The highest BCUT2D eigenvalue weighted by molar-refractivity contribution is 5.79. The normalized spacial score (nSPS) is 11.7. The minimum Gasteiger partial charge on any atom is -0.300 e. The van der Waals surface area contributed by atoms with E-state index in [0.717, 1.165) is 5.56 Å². The van der Waals surface area contributed by atoms with E-state index < -0.39 is 22.3 Å². The van der Waals surface area contributed by atoms with Gasteiger partial charge < -0.3 is 0 Å². The Labute approximate surface area is 144 Å². The van der Waals surface area contributed by atoms with Crippen LogP contribution in [0, 0.1) is 20.2 Å². The van der Waals surface area contributed by atoms with Gasteiger partial charge in [-0.15, -0.1) is 0 Å². The number of carbonyl (C=O) groups is 1. The van der Waals surface area contributed by atoms with Crippen molar-refractivity contribution < 1.29 is 14.6 Å². The molecule has 0 heterocycles. The summed E-state index contributed by atoms with van der Waals surface area (Å²) in [6.45, 7) is -0.512. The predicted octanol–water partition coefficient (Wildman–Crippen LogP) is 3.55. The molecule has 0 aromatic heterocycles. The molecule has 0 amide bonds. The maximum absolute atomic E-state index is 12.3. The fourth-order valence-electron chi connectivity index (χ4n) is 2.76. The Kier molecular flexibility index (Phi) is 6.33. The highest BCUT2D eigenvalue weighted by Gasteiger charge is 2.27. The molecular formula is C18H18N2O5. The molecule has 0 aliphatic heterocycles. The first-order chi connectivity index (χ1) is 12.0. The number of ketones is 1. The number of hydrogen-bond donors (Lipinski definition) is 0. The van der Waals surface area contributed by atoms with E-state index in [1.807, 2.05) is 30.3 Å². The van der Waals surface area contributed by atoms with Crippen LogP contribution in [0.3, 0.4) is 0 Å². The Morgan fingerprint density at radius 3 is 2.24 bits per heavy atom. The summed E-state index contributed by atoms with van der Waals surface area (Å²) in [5.74, 6) is -0.950. The van der Waals surface area contributed by atoms with Gasteiger partial charge in [-0.1, -0.05) is 48.5 Å². The van der Waals surface area contributed by atoms with Gasteiger partial charge in [0.25, 0.3) is 5.69 Å². The zero-order valence-corrected chi connectivity index (χ0v) is 13.5. The van der Waals surface area contributed by atoms with E-state index in [4.69, 9.17) is 0 Å². The molecule has 2 rings (SSSR count). The molecule has 7 heteroatoms. The second-order valence-corrected chi connectivity index (χ2v) is 5.76. The number of carbonyl (C=O) groups excluding carboxylic acids is 1. The van der Waals surface area contributed by atoms with Gasteiger partial charge in [0.05, 0.1) is 10.8 Å². The monoisotopic (exact) mass is 342 g/mol. The first-order valence-corrected chi connectivity index (χ1v) is 7.88. The Morgan fingerprint density at radius 1 is 0.960 bits per heavy atom. The van der Waals surface area contributed by atoms with Crippen LogP contribution in [0.5, 0.6) is 0 Å². The van der Waals surface area contributed by atoms with Gasteiger partial charge in [0, 0.05) is 29.4 Å². The molecule has 0 fully saturated rings. The molecular weight excluding hydrogens is 324 g/mol. The molecule has 1 atom stereocenters. The number of Topliss-reactive ketones (excluding diaryl/α,β-unsaturated/α-hetero) is 1. The number of nitro groups is 2. The number of benzene rings is 2. The van der Waals surface area contributed by atoms with Crippen LogP contribution in [-0.2, 0) is 11.2 Å². The third-order valence-electron chi connectivity index (χ3n) is 3.95. The average Bonchev–Trinajstić information content (AvgIpc) is 2.60. The van der Waals surface area contributed by atoms with Gasteiger partial charge in [-0.2, -0.15) is 0 Å². The number of hydrogen-bond acceptors (Lipinski definition) is 5. The number of aryl methyl sites for hydroxylation is 1. The molecule has 2 aromatic rings. The van der Waals surface area contributed by atoms with E-state index in [-0.39, 0.29) is 29.9 Å². The van der Waals surface area contributed by atoms with E-state index in [1.54, 1.807) is 6.07 Å². The lowest BCUT2D eigenvalue weighted by Crippen LogP contribution is -2.18. The van der Waals surface area contributed by atoms with Crippen LogP contribution in [-0.4, -0.2) is 22.2 Å². The maximum Gasteiger partial charge on any atom is 0.273 e. The summed E-state index contributed by atoms with van der Waals surface area (Å²) >= 11 is 0. The highest BCUT2D eigenvalue weighted by atomic mass is 16.6. The molecule has 0 aliphatic carbocycles. The smallest absolute Gasteiger partial charge is 0.273 e. The largest absolute Gasteiger partial charge is 0.300 e. The molecule has 0 radical (unpaired) electrons. The zero-order chi connectivity index (χ0) is 18.2. The van der Waals surface area contributed by atoms with Crippen LogP contribution < -0.4 is 0 Å². The second kappa shape index (κ2) is 8.68. The number of rotatable bonds is 9. The van der Waals surface area contributed by atoms with Crippen molar-refractivity contribution in [1.29, 1.82) is 0 Å². The van der Waals surface area contributed by atoms with Gasteiger partial charge >= 0.3 is 0 Å². The summed E-state index contributed by atoms with van der Waals surface area (Å²) in [4.78, 5) is 33.3. The van der Waals surface area contributed by atoms with Crippen molar-refractivity contribution in [2.45, 2.75) is 25.2 Å². The van der Waals surface area contributed by atoms with Crippen molar-refractivity contribution in [3.8, 4) is 0 Å². The fourth-order valence-corrected chi connectivity index (χ4v) is 2.76. The molecule has 0 N–H and O–H groups in total. The van der Waals surface area contributed by atoms with E-state index >= 15 is 0 Å². The van der Waals surface area contributed by atoms with Crippen LogP contribution >= 0.6 is 0 Å². The lowest BCUT2D eigenvalue weighted by atomic mass is 9.91. The van der Waals surface area contributed by atoms with Crippen LogP contribution in [0.4, 0.5) is 5.69 Å². The fraction of sp³-hybridized carbons (Fsp3) is 0.278. The van der Waals surface area contributed by atoms with Crippen molar-refractivity contribution in [3.63, 3.8) is 0 Å². The summed E-state index contributed by atoms with van der Waals surface area (Å²) in [6, 6.07) is 15.3. The first kappa shape index (κ1) is 18.3. The second-order valence-electron chi connectivity index (χ2n) is 5.76. The van der Waals surface area contributed by atoms with Gasteiger partial charge in [0.15, 0.2) is 0 Å². The minimum absolute atomic E-state index is 0.0847.